The van der Waals surface area contributed by atoms with Gasteiger partial charge >= 0.3 is 6.18 Å². The summed E-state index contributed by atoms with van der Waals surface area (Å²) in [4.78, 5) is 0.343. The lowest BCUT2D eigenvalue weighted by Gasteiger charge is -2.26. The summed E-state index contributed by atoms with van der Waals surface area (Å²) in [6, 6.07) is 3.36. The monoisotopic (exact) mass is 324 g/mol. The van der Waals surface area contributed by atoms with Crippen molar-refractivity contribution in [2.75, 3.05) is 0 Å². The standard InChI is InChI=1S/C13H13BrF4/c14-10-3-1-2-8(6-10)9-4-5-12(15)11(7-9)13(16,17)18/h4-5,7-8,10H,1-3,6H2. The van der Waals surface area contributed by atoms with Gasteiger partial charge in [0.2, 0.25) is 0 Å². The zero-order valence-corrected chi connectivity index (χ0v) is 11.2. The van der Waals surface area contributed by atoms with Crippen molar-refractivity contribution < 1.29 is 17.6 Å². The first-order valence-electron chi connectivity index (χ1n) is 5.88. The molecule has 100 valence electrons. The van der Waals surface area contributed by atoms with Gasteiger partial charge in [-0.05, 0) is 42.9 Å². The Morgan fingerprint density at radius 1 is 1.17 bits per heavy atom. The van der Waals surface area contributed by atoms with Crippen molar-refractivity contribution in [2.24, 2.45) is 0 Å². The minimum absolute atomic E-state index is 0.0878. The fourth-order valence-electron chi connectivity index (χ4n) is 2.45. The summed E-state index contributed by atoms with van der Waals surface area (Å²) in [6.45, 7) is 0. The molecule has 0 heterocycles. The van der Waals surface area contributed by atoms with E-state index < -0.39 is 17.6 Å². The molecule has 0 bridgehead atoms. The molecule has 0 radical (unpaired) electrons. The van der Waals surface area contributed by atoms with Gasteiger partial charge in [0.15, 0.2) is 0 Å². The Balaban J connectivity index is 2.29. The van der Waals surface area contributed by atoms with Gasteiger partial charge in [0.05, 0.1) is 5.56 Å². The van der Waals surface area contributed by atoms with Gasteiger partial charge in [0.25, 0.3) is 0 Å². The van der Waals surface area contributed by atoms with Gasteiger partial charge in [-0.15, -0.1) is 0 Å². The van der Waals surface area contributed by atoms with Gasteiger partial charge in [-0.1, -0.05) is 28.4 Å². The molecule has 0 spiro atoms. The molecule has 5 heteroatoms. The summed E-state index contributed by atoms with van der Waals surface area (Å²) in [5.41, 5.74) is -0.565. The maximum Gasteiger partial charge on any atom is 0.419 e. The molecule has 0 N–H and O–H groups in total. The molecule has 1 aromatic carbocycles. The Morgan fingerprint density at radius 3 is 2.50 bits per heavy atom. The van der Waals surface area contributed by atoms with Crippen molar-refractivity contribution in [1.82, 2.24) is 0 Å². The fraction of sp³-hybridized carbons (Fsp3) is 0.538. The first-order valence-corrected chi connectivity index (χ1v) is 6.80. The Kier molecular flexibility index (Phi) is 3.99. The molecule has 1 aliphatic carbocycles. The normalized spacial score (nSPS) is 25.2. The second-order valence-corrected chi connectivity index (χ2v) is 5.99. The molecule has 0 saturated heterocycles. The highest BCUT2D eigenvalue weighted by Crippen LogP contribution is 2.39. The molecule has 0 aliphatic heterocycles. The lowest BCUT2D eigenvalue weighted by Crippen LogP contribution is -2.15. The van der Waals surface area contributed by atoms with Crippen LogP contribution in [0.15, 0.2) is 18.2 Å². The van der Waals surface area contributed by atoms with Crippen LogP contribution in [-0.2, 0) is 6.18 Å². The van der Waals surface area contributed by atoms with Crippen molar-refractivity contribution in [3.05, 3.63) is 35.1 Å². The largest absolute Gasteiger partial charge is 0.419 e. The molecule has 18 heavy (non-hydrogen) atoms. The summed E-state index contributed by atoms with van der Waals surface area (Å²) >= 11 is 3.50. The fourth-order valence-corrected chi connectivity index (χ4v) is 3.22. The number of benzene rings is 1. The van der Waals surface area contributed by atoms with Crippen LogP contribution in [0.1, 0.15) is 42.7 Å². The van der Waals surface area contributed by atoms with Crippen molar-refractivity contribution in [2.45, 2.75) is 42.6 Å². The molecule has 0 aromatic heterocycles. The van der Waals surface area contributed by atoms with Crippen LogP contribution in [0, 0.1) is 5.82 Å². The average Bonchev–Trinajstić information content (AvgIpc) is 2.28. The highest BCUT2D eigenvalue weighted by Gasteiger charge is 2.35. The Morgan fingerprint density at radius 2 is 1.89 bits per heavy atom. The third kappa shape index (κ3) is 3.05. The van der Waals surface area contributed by atoms with E-state index in [-0.39, 0.29) is 5.92 Å². The third-order valence-electron chi connectivity index (χ3n) is 3.38. The van der Waals surface area contributed by atoms with Crippen molar-refractivity contribution >= 4 is 15.9 Å². The minimum atomic E-state index is -4.62. The van der Waals surface area contributed by atoms with Crippen LogP contribution >= 0.6 is 15.9 Å². The summed E-state index contributed by atoms with van der Waals surface area (Å²) in [7, 11) is 0. The van der Waals surface area contributed by atoms with E-state index in [0.29, 0.717) is 10.4 Å². The summed E-state index contributed by atoms with van der Waals surface area (Å²) in [5, 5.41) is 0. The molecule has 0 amide bonds. The zero-order chi connectivity index (χ0) is 13.3. The Bertz CT molecular complexity index is 427. The maximum absolute atomic E-state index is 13.2. The van der Waals surface area contributed by atoms with Crippen LogP contribution in [0.25, 0.3) is 0 Å². The van der Waals surface area contributed by atoms with Crippen LogP contribution < -0.4 is 0 Å². The predicted molar refractivity (Wildman–Crippen MR) is 65.3 cm³/mol. The SMILES string of the molecule is Fc1ccc(C2CCCC(Br)C2)cc1C(F)(F)F. The lowest BCUT2D eigenvalue weighted by atomic mass is 9.83. The smallest absolute Gasteiger partial charge is 0.206 e. The van der Waals surface area contributed by atoms with E-state index in [9.17, 15) is 17.6 Å². The number of alkyl halides is 4. The van der Waals surface area contributed by atoms with Crippen LogP contribution in [0.2, 0.25) is 0 Å². The molecular formula is C13H13BrF4. The summed E-state index contributed by atoms with van der Waals surface area (Å²) in [6.07, 6.45) is -0.917. The topological polar surface area (TPSA) is 0 Å². The van der Waals surface area contributed by atoms with E-state index in [0.717, 1.165) is 37.8 Å². The number of halogens is 5. The van der Waals surface area contributed by atoms with Crippen LogP contribution in [-0.4, -0.2) is 4.83 Å². The predicted octanol–water partition coefficient (Wildman–Crippen LogP) is 5.27. The molecule has 1 aliphatic rings. The van der Waals surface area contributed by atoms with E-state index in [1.165, 1.54) is 6.07 Å². The van der Waals surface area contributed by atoms with Gasteiger partial charge in [-0.3, -0.25) is 0 Å². The summed E-state index contributed by atoms with van der Waals surface area (Å²) < 4.78 is 51.1. The molecule has 2 unspecified atom stereocenters. The van der Waals surface area contributed by atoms with E-state index >= 15 is 0 Å². The molecule has 1 fully saturated rings. The molecule has 1 aromatic rings. The first kappa shape index (κ1) is 13.8. The third-order valence-corrected chi connectivity index (χ3v) is 4.21. The number of hydrogen-bond acceptors (Lipinski definition) is 0. The van der Waals surface area contributed by atoms with E-state index in [1.54, 1.807) is 0 Å². The number of rotatable bonds is 1. The van der Waals surface area contributed by atoms with E-state index in [2.05, 4.69) is 15.9 Å². The second kappa shape index (κ2) is 5.19. The molecule has 2 atom stereocenters. The molecule has 1 saturated carbocycles. The van der Waals surface area contributed by atoms with Gasteiger partial charge in [-0.25, -0.2) is 4.39 Å². The average molecular weight is 325 g/mol. The highest BCUT2D eigenvalue weighted by molar-refractivity contribution is 9.09. The molecule has 2 rings (SSSR count). The highest BCUT2D eigenvalue weighted by atomic mass is 79.9. The Hall–Kier alpha value is -0.580. The zero-order valence-electron chi connectivity index (χ0n) is 9.61. The van der Waals surface area contributed by atoms with Gasteiger partial charge < -0.3 is 0 Å². The van der Waals surface area contributed by atoms with Crippen LogP contribution in [0.4, 0.5) is 17.6 Å². The minimum Gasteiger partial charge on any atom is -0.206 e. The van der Waals surface area contributed by atoms with E-state index in [1.807, 2.05) is 0 Å². The second-order valence-electron chi connectivity index (χ2n) is 4.70. The van der Waals surface area contributed by atoms with Crippen LogP contribution in [0.5, 0.6) is 0 Å². The molecular weight excluding hydrogens is 312 g/mol. The maximum atomic E-state index is 13.2. The quantitative estimate of drug-likeness (QED) is 0.488. The lowest BCUT2D eigenvalue weighted by molar-refractivity contribution is -0.140. The molecule has 0 nitrogen and oxygen atoms in total. The van der Waals surface area contributed by atoms with Crippen molar-refractivity contribution in [1.29, 1.82) is 0 Å². The van der Waals surface area contributed by atoms with Crippen LogP contribution in [0.3, 0.4) is 0 Å². The van der Waals surface area contributed by atoms with Gasteiger partial charge in [-0.2, -0.15) is 13.2 Å². The van der Waals surface area contributed by atoms with Gasteiger partial charge in [0.1, 0.15) is 5.82 Å². The summed E-state index contributed by atoms with van der Waals surface area (Å²) in [5.74, 6) is -1.11. The van der Waals surface area contributed by atoms with Gasteiger partial charge in [0, 0.05) is 4.83 Å². The van der Waals surface area contributed by atoms with Crippen molar-refractivity contribution in [3.63, 3.8) is 0 Å². The number of hydrogen-bond donors (Lipinski definition) is 0. The first-order chi connectivity index (χ1) is 8.38. The van der Waals surface area contributed by atoms with Crippen molar-refractivity contribution in [3.8, 4) is 0 Å². The Labute approximate surface area is 112 Å². The van der Waals surface area contributed by atoms with E-state index in [4.69, 9.17) is 0 Å².